The van der Waals surface area contributed by atoms with Gasteiger partial charge in [0.1, 0.15) is 12.1 Å². The maximum absolute atomic E-state index is 10.8. The molecule has 0 bridgehead atoms. The number of Topliss-reactive ketones (excluding diaryl/α,β-unsaturated/α-hetero) is 1. The van der Waals surface area contributed by atoms with Crippen LogP contribution in [0.1, 0.15) is 51.9 Å². The Morgan fingerprint density at radius 1 is 1.44 bits per heavy atom. The molecule has 1 saturated heterocycles. The summed E-state index contributed by atoms with van der Waals surface area (Å²) in [5.41, 5.74) is 0. The number of aldehydes is 1. The second-order valence-corrected chi connectivity index (χ2v) is 4.95. The van der Waals surface area contributed by atoms with Gasteiger partial charge in [-0.1, -0.05) is 0 Å². The molecule has 0 radical (unpaired) electrons. The van der Waals surface area contributed by atoms with Gasteiger partial charge in [0.15, 0.2) is 6.29 Å². The van der Waals surface area contributed by atoms with Crippen LogP contribution in [-0.2, 0) is 19.1 Å². The molecule has 1 aliphatic rings. The summed E-state index contributed by atoms with van der Waals surface area (Å²) in [6, 6.07) is 0. The van der Waals surface area contributed by atoms with Crippen molar-refractivity contribution < 1.29 is 19.1 Å². The highest BCUT2D eigenvalue weighted by atomic mass is 16.7. The van der Waals surface area contributed by atoms with Gasteiger partial charge in [0.25, 0.3) is 0 Å². The average molecular weight is 256 g/mol. The van der Waals surface area contributed by atoms with Gasteiger partial charge in [-0.25, -0.2) is 0 Å². The molecule has 1 aliphatic heterocycles. The minimum Gasteiger partial charge on any atom is -0.353 e. The zero-order valence-electron chi connectivity index (χ0n) is 11.2. The van der Waals surface area contributed by atoms with Crippen molar-refractivity contribution in [3.63, 3.8) is 0 Å². The van der Waals surface area contributed by atoms with Gasteiger partial charge < -0.3 is 19.1 Å². The number of hydrogen-bond acceptors (Lipinski definition) is 4. The van der Waals surface area contributed by atoms with Gasteiger partial charge in [-0.05, 0) is 45.4 Å². The van der Waals surface area contributed by atoms with Crippen molar-refractivity contribution in [1.29, 1.82) is 0 Å². The third kappa shape index (κ3) is 6.87. The fraction of sp³-hybridized carbons (Fsp3) is 0.857. The molecule has 4 nitrogen and oxygen atoms in total. The molecule has 0 aromatic heterocycles. The van der Waals surface area contributed by atoms with Crippen LogP contribution in [0.2, 0.25) is 0 Å². The van der Waals surface area contributed by atoms with E-state index in [1.54, 1.807) is 6.92 Å². The number of carbonyl (C=O) groups is 2. The maximum Gasteiger partial charge on any atom is 0.157 e. The summed E-state index contributed by atoms with van der Waals surface area (Å²) >= 11 is 0. The molecule has 18 heavy (non-hydrogen) atoms. The smallest absolute Gasteiger partial charge is 0.157 e. The van der Waals surface area contributed by atoms with Gasteiger partial charge in [0.2, 0.25) is 0 Å². The summed E-state index contributed by atoms with van der Waals surface area (Å²) in [4.78, 5) is 21.7. The van der Waals surface area contributed by atoms with E-state index in [1.165, 1.54) is 6.42 Å². The Morgan fingerprint density at radius 2 is 2.28 bits per heavy atom. The van der Waals surface area contributed by atoms with Crippen molar-refractivity contribution in [3.05, 3.63) is 0 Å². The summed E-state index contributed by atoms with van der Waals surface area (Å²) in [6.07, 6.45) is 6.98. The van der Waals surface area contributed by atoms with Crippen LogP contribution in [0.5, 0.6) is 0 Å². The van der Waals surface area contributed by atoms with Gasteiger partial charge in [0, 0.05) is 25.6 Å². The third-order valence-corrected chi connectivity index (χ3v) is 3.22. The summed E-state index contributed by atoms with van der Waals surface area (Å²) in [7, 11) is 0. The second-order valence-electron chi connectivity index (χ2n) is 4.95. The maximum atomic E-state index is 10.8. The first-order chi connectivity index (χ1) is 8.72. The number of carbonyl (C=O) groups excluding carboxylic acids is 2. The molecule has 1 fully saturated rings. The molecule has 0 amide bonds. The molecule has 0 aromatic rings. The Morgan fingerprint density at radius 3 is 2.89 bits per heavy atom. The molecule has 2 atom stereocenters. The molecule has 0 spiro atoms. The van der Waals surface area contributed by atoms with Crippen molar-refractivity contribution in [1.82, 2.24) is 0 Å². The van der Waals surface area contributed by atoms with E-state index in [9.17, 15) is 9.59 Å². The molecule has 0 aromatic carbocycles. The predicted molar refractivity (Wildman–Crippen MR) is 68.2 cm³/mol. The molecule has 1 heterocycles. The molecule has 2 unspecified atom stereocenters. The molecule has 0 N–H and O–H groups in total. The number of ether oxygens (including phenoxy) is 2. The minimum atomic E-state index is -0.0503. The van der Waals surface area contributed by atoms with Crippen molar-refractivity contribution in [2.75, 3.05) is 13.2 Å². The van der Waals surface area contributed by atoms with Crippen LogP contribution in [-0.4, -0.2) is 31.6 Å². The molecule has 0 aliphatic carbocycles. The van der Waals surface area contributed by atoms with Crippen LogP contribution in [0.15, 0.2) is 0 Å². The van der Waals surface area contributed by atoms with Gasteiger partial charge in [-0.15, -0.1) is 0 Å². The van der Waals surface area contributed by atoms with E-state index < -0.39 is 0 Å². The van der Waals surface area contributed by atoms with Crippen LogP contribution in [0.25, 0.3) is 0 Å². The zero-order chi connectivity index (χ0) is 13.2. The highest BCUT2D eigenvalue weighted by Gasteiger charge is 2.14. The lowest BCUT2D eigenvalue weighted by Crippen LogP contribution is -2.22. The van der Waals surface area contributed by atoms with Crippen LogP contribution in [0, 0.1) is 5.92 Å². The van der Waals surface area contributed by atoms with Crippen LogP contribution in [0.3, 0.4) is 0 Å². The lowest BCUT2D eigenvalue weighted by molar-refractivity contribution is -0.163. The van der Waals surface area contributed by atoms with Gasteiger partial charge in [0.05, 0.1) is 0 Å². The van der Waals surface area contributed by atoms with Crippen LogP contribution < -0.4 is 0 Å². The first-order valence-corrected chi connectivity index (χ1v) is 6.90. The van der Waals surface area contributed by atoms with Crippen molar-refractivity contribution in [2.24, 2.45) is 5.92 Å². The van der Waals surface area contributed by atoms with E-state index in [0.29, 0.717) is 19.4 Å². The highest BCUT2D eigenvalue weighted by molar-refractivity contribution is 5.75. The molecule has 104 valence electrons. The summed E-state index contributed by atoms with van der Waals surface area (Å²) < 4.78 is 11.1. The predicted octanol–water partition coefficient (Wildman–Crippen LogP) is 2.49. The minimum absolute atomic E-state index is 0.00947. The summed E-state index contributed by atoms with van der Waals surface area (Å²) in [5, 5.41) is 0. The van der Waals surface area contributed by atoms with Gasteiger partial charge in [-0.3, -0.25) is 0 Å². The first-order valence-electron chi connectivity index (χ1n) is 6.90. The van der Waals surface area contributed by atoms with Gasteiger partial charge >= 0.3 is 0 Å². The molecular formula is C14H24O4. The Labute approximate surface area is 109 Å². The summed E-state index contributed by atoms with van der Waals surface area (Å²) in [6.45, 7) is 2.99. The molecule has 4 heteroatoms. The van der Waals surface area contributed by atoms with Gasteiger partial charge in [-0.2, -0.15) is 0 Å². The number of ketones is 1. The van der Waals surface area contributed by atoms with Crippen molar-refractivity contribution in [2.45, 2.75) is 58.2 Å². The summed E-state index contributed by atoms with van der Waals surface area (Å²) in [5.74, 6) is 0.137. The van der Waals surface area contributed by atoms with Crippen molar-refractivity contribution in [3.8, 4) is 0 Å². The third-order valence-electron chi connectivity index (χ3n) is 3.22. The van der Waals surface area contributed by atoms with Crippen LogP contribution >= 0.6 is 0 Å². The molecular weight excluding hydrogens is 232 g/mol. The lowest BCUT2D eigenvalue weighted by Gasteiger charge is -2.22. The largest absolute Gasteiger partial charge is 0.353 e. The average Bonchev–Trinajstić information content (AvgIpc) is 2.39. The standard InChI is InChI=1S/C14H24O4/c1-12(16)7-8-13(11-15)5-4-10-18-14-6-2-3-9-17-14/h11,13-14H,2-10H2,1H3. The number of hydrogen-bond donors (Lipinski definition) is 0. The number of rotatable bonds is 9. The Bertz CT molecular complexity index is 246. The Balaban J connectivity index is 2.03. The topological polar surface area (TPSA) is 52.6 Å². The van der Waals surface area contributed by atoms with Crippen molar-refractivity contribution >= 4 is 12.1 Å². The van der Waals surface area contributed by atoms with Crippen LogP contribution in [0.4, 0.5) is 0 Å². The molecule has 1 rings (SSSR count). The van der Waals surface area contributed by atoms with E-state index in [1.807, 2.05) is 0 Å². The van der Waals surface area contributed by atoms with E-state index in [-0.39, 0.29) is 18.0 Å². The normalized spacial score (nSPS) is 21.5. The Kier molecular flexibility index (Phi) is 7.85. The van der Waals surface area contributed by atoms with E-state index >= 15 is 0 Å². The fourth-order valence-corrected chi connectivity index (χ4v) is 2.07. The fourth-order valence-electron chi connectivity index (χ4n) is 2.07. The quantitative estimate of drug-likeness (QED) is 0.470. The lowest BCUT2D eigenvalue weighted by atomic mass is 9.98. The molecule has 0 saturated carbocycles. The SMILES string of the molecule is CC(=O)CCC(C=O)CCCOC1CCCCO1. The monoisotopic (exact) mass is 256 g/mol. The second kappa shape index (κ2) is 9.22. The Hall–Kier alpha value is -0.740. The van der Waals surface area contributed by atoms with E-state index in [0.717, 1.165) is 38.6 Å². The first kappa shape index (κ1) is 15.3. The van der Waals surface area contributed by atoms with E-state index in [2.05, 4.69) is 0 Å². The van der Waals surface area contributed by atoms with E-state index in [4.69, 9.17) is 9.47 Å². The zero-order valence-corrected chi connectivity index (χ0v) is 11.2. The highest BCUT2D eigenvalue weighted by Crippen LogP contribution is 2.16.